The van der Waals surface area contributed by atoms with Crippen molar-refractivity contribution in [3.8, 4) is 17.2 Å². The Morgan fingerprint density at radius 3 is 2.50 bits per heavy atom. The molecule has 10 nitrogen and oxygen atoms in total. The number of sulfonamides is 1. The highest BCUT2D eigenvalue weighted by atomic mass is 32.2. The predicted molar refractivity (Wildman–Crippen MR) is 142 cm³/mol. The molecule has 1 saturated heterocycles. The fourth-order valence-corrected chi connectivity index (χ4v) is 7.18. The fourth-order valence-electron chi connectivity index (χ4n) is 4.57. The number of methoxy groups -OCH3 is 2. The van der Waals surface area contributed by atoms with E-state index in [-0.39, 0.29) is 28.8 Å². The summed E-state index contributed by atoms with van der Waals surface area (Å²) >= 11 is 1.63. The second-order valence-corrected chi connectivity index (χ2v) is 11.7. The number of carbonyl (C=O) groups is 1. The first kappa shape index (κ1) is 27.9. The van der Waals surface area contributed by atoms with Crippen LogP contribution >= 0.6 is 11.3 Å². The van der Waals surface area contributed by atoms with Gasteiger partial charge in [-0.3, -0.25) is 4.79 Å². The van der Waals surface area contributed by atoms with Gasteiger partial charge < -0.3 is 24.1 Å². The highest BCUT2D eigenvalue weighted by molar-refractivity contribution is 7.89. The molecule has 0 bridgehead atoms. The maximum atomic E-state index is 14.0. The Morgan fingerprint density at radius 2 is 1.89 bits per heavy atom. The van der Waals surface area contributed by atoms with Gasteiger partial charge in [0.05, 0.1) is 20.8 Å². The molecule has 0 spiro atoms. The van der Waals surface area contributed by atoms with Gasteiger partial charge in [-0.05, 0) is 73.2 Å². The molecule has 1 fully saturated rings. The number of thiophene rings is 1. The Morgan fingerprint density at radius 1 is 1.16 bits per heavy atom. The average Bonchev–Trinajstić information content (AvgIpc) is 3.48. The summed E-state index contributed by atoms with van der Waals surface area (Å²) in [5, 5.41) is 10.8. The van der Waals surface area contributed by atoms with Crippen molar-refractivity contribution in [1.82, 2.24) is 14.8 Å². The van der Waals surface area contributed by atoms with E-state index in [1.54, 1.807) is 37.3 Å². The normalized spacial score (nSPS) is 16.2. The third kappa shape index (κ3) is 5.97. The van der Waals surface area contributed by atoms with Gasteiger partial charge in [-0.15, -0.1) is 0 Å². The fraction of sp³-hybridized carbons (Fsp3) is 0.462. The van der Waals surface area contributed by atoms with Crippen molar-refractivity contribution >= 4 is 27.3 Å². The average molecular weight is 564 g/mol. The maximum Gasteiger partial charge on any atom is 0.249 e. The summed E-state index contributed by atoms with van der Waals surface area (Å²) in [4.78, 5) is 13.0. The van der Waals surface area contributed by atoms with E-state index in [0.29, 0.717) is 48.8 Å². The molecular weight excluding hydrogens is 530 g/mol. The minimum Gasteiger partial charge on any atom is -0.493 e. The molecule has 1 amide bonds. The first-order valence-corrected chi connectivity index (χ1v) is 14.8. The number of carbonyl (C=O) groups excluding carboxylic acids is 1. The number of hydrogen-bond acceptors (Lipinski definition) is 9. The lowest BCUT2D eigenvalue weighted by Gasteiger charge is -2.29. The molecule has 2 aromatic heterocycles. The molecule has 206 valence electrons. The molecule has 1 aliphatic heterocycles. The van der Waals surface area contributed by atoms with Crippen LogP contribution in [0.2, 0.25) is 0 Å². The van der Waals surface area contributed by atoms with Crippen LogP contribution in [0, 0.1) is 13.8 Å². The van der Waals surface area contributed by atoms with Crippen molar-refractivity contribution in [3.63, 3.8) is 0 Å². The Labute approximate surface area is 226 Å². The summed E-state index contributed by atoms with van der Waals surface area (Å²) in [5.41, 5.74) is 1.99. The van der Waals surface area contributed by atoms with Crippen molar-refractivity contribution in [2.24, 2.45) is 0 Å². The second-order valence-electron chi connectivity index (χ2n) is 9.07. The molecule has 1 aromatic carbocycles. The highest BCUT2D eigenvalue weighted by Gasteiger charge is 2.39. The van der Waals surface area contributed by atoms with E-state index in [9.17, 15) is 13.2 Å². The molecule has 3 aromatic rings. The lowest BCUT2D eigenvalue weighted by Crippen LogP contribution is -2.48. The molecule has 0 aliphatic carbocycles. The topological polar surface area (TPSA) is 120 Å². The van der Waals surface area contributed by atoms with Crippen molar-refractivity contribution < 1.29 is 31.9 Å². The van der Waals surface area contributed by atoms with Crippen LogP contribution in [0.1, 0.15) is 41.8 Å². The van der Waals surface area contributed by atoms with E-state index in [2.05, 4.69) is 15.9 Å². The first-order valence-electron chi connectivity index (χ1n) is 12.4. The molecule has 1 aliphatic rings. The van der Waals surface area contributed by atoms with Gasteiger partial charge >= 0.3 is 0 Å². The largest absolute Gasteiger partial charge is 0.493 e. The lowest BCUT2D eigenvalue weighted by atomic mass is 10.1. The standard InChI is InChI=1S/C26H33N3O7S2/c1-17-25(18(2)36-28-17)38(31,32)29(21-7-5-6-10-27-26(21)30)15-20-13-22(33-3)24(23(14-20)34-4)35-11-8-19-9-12-37-16-19/h9,12-14,16,21H,5-8,10-11,15H2,1-4H3,(H,27,30)/t21-/m0/s1. The summed E-state index contributed by atoms with van der Waals surface area (Å²) < 4.78 is 51.6. The van der Waals surface area contributed by atoms with Gasteiger partial charge in [0.2, 0.25) is 21.7 Å². The number of aryl methyl sites for hydroxylation is 2. The Hall–Kier alpha value is -3.09. The molecule has 0 unspecified atom stereocenters. The number of nitrogens with zero attached hydrogens (tertiary/aromatic N) is 2. The van der Waals surface area contributed by atoms with Crippen molar-refractivity contribution in [3.05, 3.63) is 51.5 Å². The van der Waals surface area contributed by atoms with E-state index in [0.717, 1.165) is 12.8 Å². The lowest BCUT2D eigenvalue weighted by molar-refractivity contribution is -0.124. The predicted octanol–water partition coefficient (Wildman–Crippen LogP) is 3.85. The van der Waals surface area contributed by atoms with Gasteiger partial charge in [0.1, 0.15) is 16.6 Å². The van der Waals surface area contributed by atoms with E-state index < -0.39 is 16.1 Å². The summed E-state index contributed by atoms with van der Waals surface area (Å²) in [7, 11) is -1.12. The zero-order chi connectivity index (χ0) is 27.3. The van der Waals surface area contributed by atoms with Gasteiger partial charge in [-0.1, -0.05) is 5.16 Å². The van der Waals surface area contributed by atoms with Crippen molar-refractivity contribution in [2.75, 3.05) is 27.4 Å². The number of benzene rings is 1. The molecule has 3 heterocycles. The molecule has 0 saturated carbocycles. The van der Waals surface area contributed by atoms with Crippen molar-refractivity contribution in [1.29, 1.82) is 0 Å². The van der Waals surface area contributed by atoms with Crippen LogP contribution in [-0.4, -0.2) is 57.2 Å². The number of rotatable bonds is 11. The summed E-state index contributed by atoms with van der Waals surface area (Å²) in [6, 6.07) is 4.58. The highest BCUT2D eigenvalue weighted by Crippen LogP contribution is 2.40. The quantitative estimate of drug-likeness (QED) is 0.374. The third-order valence-electron chi connectivity index (χ3n) is 6.46. The Balaban J connectivity index is 1.69. The van der Waals surface area contributed by atoms with Crippen LogP contribution in [0.4, 0.5) is 0 Å². The Kier molecular flexibility index (Phi) is 8.95. The smallest absolute Gasteiger partial charge is 0.249 e. The zero-order valence-electron chi connectivity index (χ0n) is 22.0. The van der Waals surface area contributed by atoms with Crippen LogP contribution in [0.15, 0.2) is 38.4 Å². The van der Waals surface area contributed by atoms with Crippen LogP contribution < -0.4 is 19.5 Å². The minimum atomic E-state index is -4.15. The van der Waals surface area contributed by atoms with Gasteiger partial charge in [0.25, 0.3) is 0 Å². The number of aromatic nitrogens is 1. The van der Waals surface area contributed by atoms with Crippen LogP contribution in [0.25, 0.3) is 0 Å². The van der Waals surface area contributed by atoms with E-state index in [1.807, 2.05) is 11.4 Å². The van der Waals surface area contributed by atoms with Gasteiger partial charge in [0, 0.05) is 19.5 Å². The van der Waals surface area contributed by atoms with Crippen LogP contribution in [0.3, 0.4) is 0 Å². The van der Waals surface area contributed by atoms with Gasteiger partial charge in [-0.25, -0.2) is 8.42 Å². The van der Waals surface area contributed by atoms with E-state index in [4.69, 9.17) is 18.7 Å². The first-order chi connectivity index (χ1) is 18.3. The maximum absolute atomic E-state index is 14.0. The second kappa shape index (κ2) is 12.2. The summed E-state index contributed by atoms with van der Waals surface area (Å²) in [6.45, 7) is 3.95. The number of amides is 1. The molecule has 12 heteroatoms. The summed E-state index contributed by atoms with van der Waals surface area (Å²) in [5.74, 6) is 1.09. The Bertz CT molecular complexity index is 1310. The number of ether oxygens (including phenoxy) is 3. The van der Waals surface area contributed by atoms with Crippen LogP contribution in [-0.2, 0) is 27.8 Å². The SMILES string of the molecule is COc1cc(CN([C@H]2CCCCNC2=O)S(=O)(=O)c2c(C)noc2C)cc(OC)c1OCCc1ccsc1. The summed E-state index contributed by atoms with van der Waals surface area (Å²) in [6.07, 6.45) is 2.60. The van der Waals surface area contributed by atoms with Crippen LogP contribution in [0.5, 0.6) is 17.2 Å². The zero-order valence-corrected chi connectivity index (χ0v) is 23.6. The molecule has 0 radical (unpaired) electrons. The monoisotopic (exact) mass is 563 g/mol. The van der Waals surface area contributed by atoms with Crippen molar-refractivity contribution in [2.45, 2.75) is 57.0 Å². The third-order valence-corrected chi connectivity index (χ3v) is 9.30. The van der Waals surface area contributed by atoms with Gasteiger partial charge in [0.15, 0.2) is 17.3 Å². The molecular formula is C26H33N3O7S2. The molecule has 1 N–H and O–H groups in total. The number of hydrogen-bond donors (Lipinski definition) is 1. The molecule has 4 rings (SSSR count). The minimum absolute atomic E-state index is 0.0261. The number of nitrogens with one attached hydrogen (secondary N) is 1. The van der Waals surface area contributed by atoms with E-state index >= 15 is 0 Å². The molecule has 38 heavy (non-hydrogen) atoms. The van der Waals surface area contributed by atoms with Gasteiger partial charge in [-0.2, -0.15) is 15.6 Å². The van der Waals surface area contributed by atoms with E-state index in [1.165, 1.54) is 24.1 Å². The molecule has 1 atom stereocenters.